The van der Waals surface area contributed by atoms with Gasteiger partial charge in [0.1, 0.15) is 5.75 Å². The fraction of sp³-hybridized carbons (Fsp3) is 0.200. The zero-order valence-corrected chi connectivity index (χ0v) is 17.7. The predicted octanol–water partition coefficient (Wildman–Crippen LogP) is 4.82. The van der Waals surface area contributed by atoms with Crippen LogP contribution in [0.15, 0.2) is 42.5 Å². The summed E-state index contributed by atoms with van der Waals surface area (Å²) in [6, 6.07) is 13.6. The number of nitrogens with one attached hydrogen (secondary N) is 2. The molecule has 0 saturated heterocycles. The number of ether oxygens (including phenoxy) is 1. The average molecular weight is 416 g/mol. The fourth-order valence-electron chi connectivity index (χ4n) is 4.10. The normalized spacial score (nSPS) is 13.9. The number of methoxy groups -OCH3 is 1. The van der Waals surface area contributed by atoms with Crippen LogP contribution in [0, 0.1) is 13.8 Å². The van der Waals surface area contributed by atoms with Gasteiger partial charge in [-0.25, -0.2) is 0 Å². The molecule has 0 bridgehead atoms. The highest BCUT2D eigenvalue weighted by molar-refractivity contribution is 6.35. The van der Waals surface area contributed by atoms with Crippen LogP contribution in [0.3, 0.4) is 0 Å². The number of aromatic amines is 1. The molecular weight excluding hydrogens is 392 g/mol. The van der Waals surface area contributed by atoms with E-state index in [1.54, 1.807) is 7.11 Å². The Hall–Kier alpha value is -3.80. The summed E-state index contributed by atoms with van der Waals surface area (Å²) in [5, 5.41) is 11.9. The first-order valence-corrected chi connectivity index (χ1v) is 10.1. The molecule has 1 amide bonds. The number of aryl methyl sites for hydroxylation is 1. The summed E-state index contributed by atoms with van der Waals surface area (Å²) in [5.74, 6) is -0.213. The van der Waals surface area contributed by atoms with Crippen molar-refractivity contribution in [2.24, 2.45) is 0 Å². The zero-order valence-electron chi connectivity index (χ0n) is 17.7. The first-order valence-electron chi connectivity index (χ1n) is 10.1. The van der Waals surface area contributed by atoms with E-state index in [0.29, 0.717) is 12.0 Å². The zero-order chi connectivity index (χ0) is 22.1. The minimum atomic E-state index is -0.824. The number of hydrogen-bond acceptors (Lipinski definition) is 3. The topological polar surface area (TPSA) is 91.4 Å². The van der Waals surface area contributed by atoms with Crippen LogP contribution in [-0.4, -0.2) is 29.1 Å². The van der Waals surface area contributed by atoms with Crippen LogP contribution in [0.5, 0.6) is 5.75 Å². The molecule has 2 aromatic carbocycles. The fourth-order valence-corrected chi connectivity index (χ4v) is 4.10. The van der Waals surface area contributed by atoms with Gasteiger partial charge in [-0.05, 0) is 55.2 Å². The second kappa shape index (κ2) is 8.14. The lowest BCUT2D eigenvalue weighted by Gasteiger charge is -2.09. The molecule has 0 unspecified atom stereocenters. The minimum absolute atomic E-state index is 0.0740. The van der Waals surface area contributed by atoms with Crippen LogP contribution in [0.4, 0.5) is 5.69 Å². The SMILES string of the molecule is COc1ccccc1-c1ccc2c(c1)NC(=O)/C2=C\c1[nH]c(C)c(CCC(=O)O)c1C. The summed E-state index contributed by atoms with van der Waals surface area (Å²) in [4.78, 5) is 27.0. The number of anilines is 1. The summed E-state index contributed by atoms with van der Waals surface area (Å²) in [6.07, 6.45) is 2.37. The van der Waals surface area contributed by atoms with Gasteiger partial charge in [-0.1, -0.05) is 30.3 Å². The molecule has 1 aliphatic heterocycles. The van der Waals surface area contributed by atoms with Crippen LogP contribution in [0.25, 0.3) is 22.8 Å². The molecule has 6 nitrogen and oxygen atoms in total. The van der Waals surface area contributed by atoms with Crippen LogP contribution in [0.1, 0.15) is 34.5 Å². The standard InChI is InChI=1S/C25H24N2O4/c1-14-17(10-11-24(28)29)15(2)26-21(14)13-20-19-9-8-16(12-22(19)27-25(20)30)18-6-4-5-7-23(18)31-3/h4-9,12-13,26H,10-11H2,1-3H3,(H,27,30)(H,28,29)/b20-13-. The van der Waals surface area contributed by atoms with Crippen LogP contribution in [-0.2, 0) is 16.0 Å². The van der Waals surface area contributed by atoms with Gasteiger partial charge in [-0.2, -0.15) is 0 Å². The molecule has 3 N–H and O–H groups in total. The van der Waals surface area contributed by atoms with Crippen molar-refractivity contribution in [3.05, 3.63) is 70.5 Å². The number of para-hydroxylation sites is 1. The number of carbonyl (C=O) groups excluding carboxylic acids is 1. The molecule has 3 aromatic rings. The number of aliphatic carboxylic acids is 1. The smallest absolute Gasteiger partial charge is 0.303 e. The third kappa shape index (κ3) is 3.84. The van der Waals surface area contributed by atoms with E-state index in [4.69, 9.17) is 9.84 Å². The average Bonchev–Trinajstić information content (AvgIpc) is 3.21. The van der Waals surface area contributed by atoms with Crippen molar-refractivity contribution in [3.8, 4) is 16.9 Å². The van der Waals surface area contributed by atoms with Gasteiger partial charge in [0.2, 0.25) is 0 Å². The Bertz CT molecular complexity index is 1220. The molecule has 0 atom stereocenters. The highest BCUT2D eigenvalue weighted by atomic mass is 16.5. The summed E-state index contributed by atoms with van der Waals surface area (Å²) >= 11 is 0. The van der Waals surface area contributed by atoms with Crippen LogP contribution in [0.2, 0.25) is 0 Å². The third-order valence-electron chi connectivity index (χ3n) is 5.73. The maximum Gasteiger partial charge on any atom is 0.303 e. The van der Waals surface area contributed by atoms with Crippen LogP contribution < -0.4 is 10.1 Å². The molecule has 2 heterocycles. The molecule has 0 fully saturated rings. The lowest BCUT2D eigenvalue weighted by atomic mass is 9.98. The maximum absolute atomic E-state index is 12.7. The van der Waals surface area contributed by atoms with Gasteiger partial charge in [0.25, 0.3) is 5.91 Å². The Morgan fingerprint density at radius 2 is 1.90 bits per heavy atom. The van der Waals surface area contributed by atoms with E-state index in [0.717, 1.165) is 50.6 Å². The van der Waals surface area contributed by atoms with Gasteiger partial charge in [0, 0.05) is 34.6 Å². The van der Waals surface area contributed by atoms with E-state index >= 15 is 0 Å². The molecule has 1 aliphatic rings. The van der Waals surface area contributed by atoms with E-state index in [-0.39, 0.29) is 12.3 Å². The van der Waals surface area contributed by atoms with Crippen molar-refractivity contribution in [2.75, 3.05) is 12.4 Å². The quantitative estimate of drug-likeness (QED) is 0.503. The summed E-state index contributed by atoms with van der Waals surface area (Å²) in [7, 11) is 1.64. The minimum Gasteiger partial charge on any atom is -0.496 e. The number of benzene rings is 2. The number of carboxylic acids is 1. The van der Waals surface area contributed by atoms with Crippen molar-refractivity contribution in [1.82, 2.24) is 4.98 Å². The van der Waals surface area contributed by atoms with Gasteiger partial charge in [-0.3, -0.25) is 9.59 Å². The van der Waals surface area contributed by atoms with E-state index in [1.165, 1.54) is 0 Å². The number of amides is 1. The second-order valence-electron chi connectivity index (χ2n) is 7.63. The highest BCUT2D eigenvalue weighted by Gasteiger charge is 2.25. The Kier molecular flexibility index (Phi) is 5.38. The second-order valence-corrected chi connectivity index (χ2v) is 7.63. The van der Waals surface area contributed by atoms with Crippen LogP contribution >= 0.6 is 0 Å². The van der Waals surface area contributed by atoms with Gasteiger partial charge in [0.05, 0.1) is 12.7 Å². The lowest BCUT2D eigenvalue weighted by molar-refractivity contribution is -0.137. The first-order chi connectivity index (χ1) is 14.9. The monoisotopic (exact) mass is 416 g/mol. The van der Waals surface area contributed by atoms with E-state index in [1.807, 2.05) is 62.4 Å². The van der Waals surface area contributed by atoms with Crippen molar-refractivity contribution >= 4 is 29.2 Å². The maximum atomic E-state index is 12.7. The highest BCUT2D eigenvalue weighted by Crippen LogP contribution is 2.38. The molecule has 0 aliphatic carbocycles. The number of carboxylic acid groups (broad SMARTS) is 1. The summed E-state index contributed by atoms with van der Waals surface area (Å²) in [5.41, 5.74) is 7.79. The predicted molar refractivity (Wildman–Crippen MR) is 121 cm³/mol. The number of rotatable bonds is 6. The van der Waals surface area contributed by atoms with Crippen molar-refractivity contribution in [3.63, 3.8) is 0 Å². The van der Waals surface area contributed by atoms with Gasteiger partial charge in [0.15, 0.2) is 0 Å². The van der Waals surface area contributed by atoms with Gasteiger partial charge < -0.3 is 20.1 Å². The molecule has 0 spiro atoms. The number of fused-ring (bicyclic) bond motifs is 1. The van der Waals surface area contributed by atoms with E-state index in [9.17, 15) is 9.59 Å². The van der Waals surface area contributed by atoms with E-state index < -0.39 is 5.97 Å². The molecule has 4 rings (SSSR count). The molecular formula is C25H24N2O4. The Morgan fingerprint density at radius 3 is 2.65 bits per heavy atom. The summed E-state index contributed by atoms with van der Waals surface area (Å²) in [6.45, 7) is 3.88. The molecule has 6 heteroatoms. The van der Waals surface area contributed by atoms with E-state index in [2.05, 4.69) is 10.3 Å². The molecule has 1 aromatic heterocycles. The number of aromatic nitrogens is 1. The van der Waals surface area contributed by atoms with Crippen molar-refractivity contribution in [2.45, 2.75) is 26.7 Å². The third-order valence-corrected chi connectivity index (χ3v) is 5.73. The Balaban J connectivity index is 1.70. The largest absolute Gasteiger partial charge is 0.496 e. The first kappa shape index (κ1) is 20.5. The molecule has 31 heavy (non-hydrogen) atoms. The Morgan fingerprint density at radius 1 is 1.13 bits per heavy atom. The summed E-state index contributed by atoms with van der Waals surface area (Å²) < 4.78 is 5.46. The van der Waals surface area contributed by atoms with Crippen molar-refractivity contribution in [1.29, 1.82) is 0 Å². The number of hydrogen-bond donors (Lipinski definition) is 3. The lowest BCUT2D eigenvalue weighted by Crippen LogP contribution is -2.03. The molecule has 0 radical (unpaired) electrons. The van der Waals surface area contributed by atoms with Gasteiger partial charge >= 0.3 is 5.97 Å². The number of H-pyrrole nitrogens is 1. The van der Waals surface area contributed by atoms with Crippen molar-refractivity contribution < 1.29 is 19.4 Å². The number of carbonyl (C=O) groups is 2. The Labute approximate surface area is 180 Å². The molecule has 158 valence electrons. The van der Waals surface area contributed by atoms with Gasteiger partial charge in [-0.15, -0.1) is 0 Å². The molecule has 0 saturated carbocycles.